The van der Waals surface area contributed by atoms with Crippen molar-refractivity contribution in [3.05, 3.63) is 29.8 Å². The van der Waals surface area contributed by atoms with Crippen LogP contribution in [-0.2, 0) is 15.4 Å². The van der Waals surface area contributed by atoms with Gasteiger partial charge in [0.25, 0.3) is 0 Å². The van der Waals surface area contributed by atoms with Crippen molar-refractivity contribution in [3.8, 4) is 5.75 Å². The fraction of sp³-hybridized carbons (Fsp3) is 0.571. The summed E-state index contributed by atoms with van der Waals surface area (Å²) in [6.07, 6.45) is 1.16. The summed E-state index contributed by atoms with van der Waals surface area (Å²) >= 11 is 0. The maximum atomic E-state index is 11.5. The summed E-state index contributed by atoms with van der Waals surface area (Å²) in [4.78, 5) is 0. The number of hydrogen-bond acceptors (Lipinski definition) is 4. The Kier molecular flexibility index (Phi) is 5.38. The zero-order valence-corrected chi connectivity index (χ0v) is 12.7. The Bertz CT molecular complexity index is 509. The van der Waals surface area contributed by atoms with Crippen molar-refractivity contribution in [1.82, 2.24) is 0 Å². The molecule has 1 atom stereocenters. The van der Waals surface area contributed by atoms with Crippen LogP contribution in [-0.4, -0.2) is 27.0 Å². The summed E-state index contributed by atoms with van der Waals surface area (Å²) in [5, 5.41) is 0. The molecule has 19 heavy (non-hydrogen) atoms. The molecule has 0 aliphatic heterocycles. The molecule has 1 rings (SSSR count). The van der Waals surface area contributed by atoms with Crippen LogP contribution in [0.1, 0.15) is 32.3 Å². The Labute approximate surface area is 115 Å². The molecule has 0 aliphatic carbocycles. The third-order valence-electron chi connectivity index (χ3n) is 3.31. The molecule has 0 bridgehead atoms. The minimum Gasteiger partial charge on any atom is -0.496 e. The van der Waals surface area contributed by atoms with Crippen LogP contribution < -0.4 is 10.5 Å². The summed E-state index contributed by atoms with van der Waals surface area (Å²) in [6.45, 7) is 3.57. The highest BCUT2D eigenvalue weighted by Crippen LogP contribution is 2.31. The van der Waals surface area contributed by atoms with Gasteiger partial charge in [0.1, 0.15) is 15.6 Å². The zero-order chi connectivity index (χ0) is 14.5. The van der Waals surface area contributed by atoms with Crippen molar-refractivity contribution in [1.29, 1.82) is 0 Å². The first-order valence-electron chi connectivity index (χ1n) is 6.45. The average Bonchev–Trinajstić information content (AvgIpc) is 2.38. The molecule has 0 aromatic heterocycles. The number of sulfone groups is 1. The van der Waals surface area contributed by atoms with Gasteiger partial charge in [-0.15, -0.1) is 0 Å². The van der Waals surface area contributed by atoms with Crippen LogP contribution in [0.2, 0.25) is 0 Å². The second kappa shape index (κ2) is 6.39. The van der Waals surface area contributed by atoms with Gasteiger partial charge >= 0.3 is 0 Å². The number of benzene rings is 1. The van der Waals surface area contributed by atoms with Gasteiger partial charge < -0.3 is 10.5 Å². The molecule has 0 aliphatic rings. The normalized spacial score (nSPS) is 14.9. The van der Waals surface area contributed by atoms with Crippen LogP contribution in [0, 0.1) is 0 Å². The van der Waals surface area contributed by atoms with Crippen LogP contribution in [0.4, 0.5) is 0 Å². The van der Waals surface area contributed by atoms with Crippen LogP contribution in [0.5, 0.6) is 5.75 Å². The lowest BCUT2D eigenvalue weighted by Crippen LogP contribution is -2.34. The first-order valence-corrected chi connectivity index (χ1v) is 8.27. The SMILES string of the molecule is CCS(=O)(=O)CCCC(C)(N)c1ccccc1OC. The third kappa shape index (κ3) is 4.51. The molecule has 0 fully saturated rings. The van der Waals surface area contributed by atoms with E-state index in [0.717, 1.165) is 11.3 Å². The molecule has 0 spiro atoms. The van der Waals surface area contributed by atoms with E-state index < -0.39 is 15.4 Å². The molecular weight excluding hydrogens is 262 g/mol. The molecule has 108 valence electrons. The van der Waals surface area contributed by atoms with Crippen LogP contribution in [0.3, 0.4) is 0 Å². The second-order valence-corrected chi connectivity index (χ2v) is 7.43. The number of nitrogens with two attached hydrogens (primary N) is 1. The fourth-order valence-electron chi connectivity index (χ4n) is 2.05. The number of para-hydroxylation sites is 1. The fourth-order valence-corrected chi connectivity index (χ4v) is 2.93. The minimum absolute atomic E-state index is 0.183. The number of methoxy groups -OCH3 is 1. The molecule has 4 nitrogen and oxygen atoms in total. The highest BCUT2D eigenvalue weighted by atomic mass is 32.2. The predicted molar refractivity (Wildman–Crippen MR) is 78.1 cm³/mol. The maximum Gasteiger partial charge on any atom is 0.150 e. The number of ether oxygens (including phenoxy) is 1. The van der Waals surface area contributed by atoms with E-state index in [1.165, 1.54) is 0 Å². The maximum absolute atomic E-state index is 11.5. The van der Waals surface area contributed by atoms with Gasteiger partial charge in [0.05, 0.1) is 12.9 Å². The molecule has 0 heterocycles. The molecule has 1 aromatic carbocycles. The summed E-state index contributed by atoms with van der Waals surface area (Å²) in [7, 11) is -1.32. The van der Waals surface area contributed by atoms with E-state index >= 15 is 0 Å². The first kappa shape index (κ1) is 16.0. The number of rotatable bonds is 7. The highest BCUT2D eigenvalue weighted by molar-refractivity contribution is 7.91. The Morgan fingerprint density at radius 3 is 2.53 bits per heavy atom. The Hall–Kier alpha value is -1.07. The van der Waals surface area contributed by atoms with Gasteiger partial charge in [-0.1, -0.05) is 25.1 Å². The molecule has 5 heteroatoms. The van der Waals surface area contributed by atoms with Gasteiger partial charge in [-0.05, 0) is 25.8 Å². The van der Waals surface area contributed by atoms with Gasteiger partial charge in [0.2, 0.25) is 0 Å². The Balaban J connectivity index is 2.76. The zero-order valence-electron chi connectivity index (χ0n) is 11.8. The molecular formula is C14H23NO3S. The Morgan fingerprint density at radius 1 is 1.32 bits per heavy atom. The molecule has 0 saturated carbocycles. The molecule has 0 amide bonds. The second-order valence-electron chi connectivity index (χ2n) is 4.96. The minimum atomic E-state index is -2.93. The van der Waals surface area contributed by atoms with Crippen LogP contribution in [0.25, 0.3) is 0 Å². The Morgan fingerprint density at radius 2 is 1.95 bits per heavy atom. The average molecular weight is 285 g/mol. The molecule has 1 aromatic rings. The van der Waals surface area contributed by atoms with Crippen molar-refractivity contribution >= 4 is 9.84 Å². The van der Waals surface area contributed by atoms with Crippen LogP contribution >= 0.6 is 0 Å². The van der Waals surface area contributed by atoms with E-state index in [2.05, 4.69) is 0 Å². The summed E-state index contributed by atoms with van der Waals surface area (Å²) in [5.74, 6) is 1.11. The smallest absolute Gasteiger partial charge is 0.150 e. The van der Waals surface area contributed by atoms with E-state index in [4.69, 9.17) is 10.5 Å². The quantitative estimate of drug-likeness (QED) is 0.832. The first-order chi connectivity index (χ1) is 8.82. The molecule has 1 unspecified atom stereocenters. The van der Waals surface area contributed by atoms with E-state index in [1.807, 2.05) is 31.2 Å². The summed E-state index contributed by atoms with van der Waals surface area (Å²) < 4.78 is 28.3. The van der Waals surface area contributed by atoms with Crippen molar-refractivity contribution in [2.45, 2.75) is 32.2 Å². The molecule has 0 radical (unpaired) electrons. The van der Waals surface area contributed by atoms with Crippen molar-refractivity contribution in [3.63, 3.8) is 0 Å². The van der Waals surface area contributed by atoms with E-state index in [1.54, 1.807) is 14.0 Å². The van der Waals surface area contributed by atoms with Gasteiger partial charge in [0, 0.05) is 16.9 Å². The standard InChI is InChI=1S/C14H23NO3S/c1-4-19(16,17)11-7-10-14(2,15)12-8-5-6-9-13(12)18-3/h5-6,8-9H,4,7,10-11,15H2,1-3H3. The lowest BCUT2D eigenvalue weighted by Gasteiger charge is -2.27. The van der Waals surface area contributed by atoms with Gasteiger partial charge in [0.15, 0.2) is 0 Å². The van der Waals surface area contributed by atoms with E-state index in [-0.39, 0.29) is 11.5 Å². The van der Waals surface area contributed by atoms with E-state index in [9.17, 15) is 8.42 Å². The van der Waals surface area contributed by atoms with Gasteiger partial charge in [-0.25, -0.2) is 8.42 Å². The van der Waals surface area contributed by atoms with Gasteiger partial charge in [-0.3, -0.25) is 0 Å². The lowest BCUT2D eigenvalue weighted by atomic mass is 9.88. The third-order valence-corrected chi connectivity index (χ3v) is 5.10. The summed E-state index contributed by atoms with van der Waals surface area (Å²) in [6, 6.07) is 7.59. The van der Waals surface area contributed by atoms with Crippen LogP contribution in [0.15, 0.2) is 24.3 Å². The molecule has 0 saturated heterocycles. The number of hydrogen-bond donors (Lipinski definition) is 1. The van der Waals surface area contributed by atoms with Crippen molar-refractivity contribution < 1.29 is 13.2 Å². The topological polar surface area (TPSA) is 69.4 Å². The predicted octanol–water partition coefficient (Wildman–Crippen LogP) is 2.08. The molecule has 2 N–H and O–H groups in total. The van der Waals surface area contributed by atoms with E-state index in [0.29, 0.717) is 12.8 Å². The van der Waals surface area contributed by atoms with Crippen molar-refractivity contribution in [2.75, 3.05) is 18.6 Å². The van der Waals surface area contributed by atoms with Crippen molar-refractivity contribution in [2.24, 2.45) is 5.73 Å². The largest absolute Gasteiger partial charge is 0.496 e. The monoisotopic (exact) mass is 285 g/mol. The highest BCUT2D eigenvalue weighted by Gasteiger charge is 2.25. The lowest BCUT2D eigenvalue weighted by molar-refractivity contribution is 0.376. The summed E-state index contributed by atoms with van der Waals surface area (Å²) in [5.41, 5.74) is 6.63. The van der Waals surface area contributed by atoms with Gasteiger partial charge in [-0.2, -0.15) is 0 Å².